The van der Waals surface area contributed by atoms with E-state index in [-0.39, 0.29) is 0 Å². The number of fused-ring (bicyclic) bond motifs is 1. The van der Waals surface area contributed by atoms with Crippen molar-refractivity contribution in [1.82, 2.24) is 25.2 Å². The van der Waals surface area contributed by atoms with Crippen LogP contribution in [0.15, 0.2) is 85.3 Å². The Morgan fingerprint density at radius 1 is 0.848 bits per heavy atom. The third kappa shape index (κ3) is 5.56. The number of aryl methyl sites for hydroxylation is 1. The maximum atomic E-state index is 4.80. The molecular weight excluding hydrogens is 406 g/mol. The molecule has 5 heteroatoms. The first-order chi connectivity index (χ1) is 16.3. The monoisotopic (exact) mass is 437 g/mol. The standard InChI is InChI=1S/C28H31N5/c1-2-15-30-25(8-1)19-29-18-22-11-13-23(14-12-22)20-33(21-26-9-5-16-31-26)27-10-3-6-24-7-4-17-32-28(24)27/h1-2,4-5,7-9,11-17,27,29,31H,3,6,10,18-21H2. The van der Waals surface area contributed by atoms with Crippen molar-refractivity contribution in [2.45, 2.75) is 51.5 Å². The number of aromatic nitrogens is 3. The number of nitrogens with one attached hydrogen (secondary N) is 2. The Balaban J connectivity index is 1.27. The molecule has 4 aromatic rings. The van der Waals surface area contributed by atoms with Crippen LogP contribution in [-0.4, -0.2) is 19.9 Å². The number of hydrogen-bond donors (Lipinski definition) is 2. The number of rotatable bonds is 9. The number of nitrogens with zero attached hydrogens (tertiary/aromatic N) is 3. The van der Waals surface area contributed by atoms with Crippen molar-refractivity contribution in [3.63, 3.8) is 0 Å². The van der Waals surface area contributed by atoms with E-state index in [4.69, 9.17) is 4.98 Å². The normalized spacial score (nSPS) is 15.5. The molecule has 5 nitrogen and oxygen atoms in total. The summed E-state index contributed by atoms with van der Waals surface area (Å²) < 4.78 is 0. The summed E-state index contributed by atoms with van der Waals surface area (Å²) in [6.45, 7) is 3.41. The van der Waals surface area contributed by atoms with Crippen molar-refractivity contribution in [3.8, 4) is 0 Å². The molecule has 0 amide bonds. The fraction of sp³-hybridized carbons (Fsp3) is 0.286. The van der Waals surface area contributed by atoms with Gasteiger partial charge in [0.25, 0.3) is 0 Å². The fourth-order valence-electron chi connectivity index (χ4n) is 4.74. The molecule has 1 aromatic carbocycles. The zero-order valence-electron chi connectivity index (χ0n) is 19.0. The summed E-state index contributed by atoms with van der Waals surface area (Å²) in [6, 6.07) is 23.9. The molecule has 1 aliphatic carbocycles. The zero-order chi connectivity index (χ0) is 22.3. The molecule has 3 heterocycles. The third-order valence-electron chi connectivity index (χ3n) is 6.41. The molecule has 0 bridgehead atoms. The number of pyridine rings is 2. The van der Waals surface area contributed by atoms with Crippen LogP contribution in [-0.2, 0) is 32.6 Å². The second kappa shape index (κ2) is 10.6. The molecule has 0 saturated carbocycles. The van der Waals surface area contributed by atoms with Gasteiger partial charge in [-0.3, -0.25) is 14.9 Å². The quantitative estimate of drug-likeness (QED) is 0.379. The lowest BCUT2D eigenvalue weighted by molar-refractivity contribution is 0.155. The van der Waals surface area contributed by atoms with Crippen LogP contribution in [0.25, 0.3) is 0 Å². The van der Waals surface area contributed by atoms with Gasteiger partial charge in [-0.1, -0.05) is 36.4 Å². The highest BCUT2D eigenvalue weighted by molar-refractivity contribution is 5.27. The lowest BCUT2D eigenvalue weighted by Crippen LogP contribution is -2.31. The van der Waals surface area contributed by atoms with Crippen LogP contribution in [0.1, 0.15) is 52.7 Å². The maximum Gasteiger partial charge on any atom is 0.0607 e. The summed E-state index contributed by atoms with van der Waals surface area (Å²) in [5, 5.41) is 3.49. The van der Waals surface area contributed by atoms with Gasteiger partial charge in [-0.15, -0.1) is 0 Å². The van der Waals surface area contributed by atoms with Crippen LogP contribution in [0.2, 0.25) is 0 Å². The molecular formula is C28H31N5. The summed E-state index contributed by atoms with van der Waals surface area (Å²) in [7, 11) is 0. The highest BCUT2D eigenvalue weighted by Gasteiger charge is 2.27. The highest BCUT2D eigenvalue weighted by Crippen LogP contribution is 2.34. The highest BCUT2D eigenvalue weighted by atomic mass is 15.2. The molecule has 1 aliphatic rings. The Morgan fingerprint density at radius 2 is 1.73 bits per heavy atom. The predicted molar refractivity (Wildman–Crippen MR) is 131 cm³/mol. The summed E-state index contributed by atoms with van der Waals surface area (Å²) in [5.41, 5.74) is 7.59. The Bertz CT molecular complexity index is 1120. The zero-order valence-corrected chi connectivity index (χ0v) is 19.0. The van der Waals surface area contributed by atoms with Gasteiger partial charge in [0.2, 0.25) is 0 Å². The lowest BCUT2D eigenvalue weighted by Gasteiger charge is -2.35. The van der Waals surface area contributed by atoms with Crippen molar-refractivity contribution in [2.24, 2.45) is 0 Å². The van der Waals surface area contributed by atoms with Crippen molar-refractivity contribution < 1.29 is 0 Å². The van der Waals surface area contributed by atoms with E-state index in [0.717, 1.165) is 44.7 Å². The van der Waals surface area contributed by atoms with Gasteiger partial charge in [0, 0.05) is 50.5 Å². The van der Waals surface area contributed by atoms with Gasteiger partial charge in [0.05, 0.1) is 17.4 Å². The average molecular weight is 438 g/mol. The Kier molecular flexibility index (Phi) is 6.90. The molecule has 0 radical (unpaired) electrons. The second-order valence-electron chi connectivity index (χ2n) is 8.80. The van der Waals surface area contributed by atoms with Crippen LogP contribution in [0.3, 0.4) is 0 Å². The molecule has 1 unspecified atom stereocenters. The minimum atomic E-state index is 0.345. The molecule has 1 atom stereocenters. The SMILES string of the molecule is c1ccc(CNCc2ccc(CN(Cc3ccc[nH]3)C3CCCc4cccnc43)cc2)nc1. The Labute approximate surface area is 195 Å². The second-order valence-corrected chi connectivity index (χ2v) is 8.80. The fourth-order valence-corrected chi connectivity index (χ4v) is 4.74. The van der Waals surface area contributed by atoms with E-state index in [0.29, 0.717) is 6.04 Å². The largest absolute Gasteiger partial charge is 0.364 e. The van der Waals surface area contributed by atoms with Gasteiger partial charge in [0.1, 0.15) is 0 Å². The Hall–Kier alpha value is -3.28. The van der Waals surface area contributed by atoms with Crippen molar-refractivity contribution >= 4 is 0 Å². The van der Waals surface area contributed by atoms with Gasteiger partial charge in [-0.25, -0.2) is 0 Å². The smallest absolute Gasteiger partial charge is 0.0607 e. The molecule has 0 aliphatic heterocycles. The average Bonchev–Trinajstić information content (AvgIpc) is 3.38. The molecule has 0 fully saturated rings. The van der Waals surface area contributed by atoms with E-state index in [1.54, 1.807) is 0 Å². The first-order valence-corrected chi connectivity index (χ1v) is 11.8. The minimum Gasteiger partial charge on any atom is -0.364 e. The number of hydrogen-bond acceptors (Lipinski definition) is 4. The van der Waals surface area contributed by atoms with Crippen LogP contribution >= 0.6 is 0 Å². The third-order valence-corrected chi connectivity index (χ3v) is 6.41. The minimum absolute atomic E-state index is 0.345. The summed E-state index contributed by atoms with van der Waals surface area (Å²) in [4.78, 5) is 15.1. The lowest BCUT2D eigenvalue weighted by atomic mass is 9.90. The van der Waals surface area contributed by atoms with E-state index >= 15 is 0 Å². The van der Waals surface area contributed by atoms with Crippen molar-refractivity contribution in [3.05, 3.63) is 119 Å². The van der Waals surface area contributed by atoms with Crippen molar-refractivity contribution in [1.29, 1.82) is 0 Å². The molecule has 5 rings (SSSR count). The molecule has 168 valence electrons. The van der Waals surface area contributed by atoms with E-state index in [1.165, 1.54) is 34.5 Å². The van der Waals surface area contributed by atoms with Gasteiger partial charge in [-0.2, -0.15) is 0 Å². The maximum absolute atomic E-state index is 4.80. The summed E-state index contributed by atoms with van der Waals surface area (Å²) in [6.07, 6.45) is 9.29. The van der Waals surface area contributed by atoms with E-state index in [1.807, 2.05) is 36.8 Å². The Morgan fingerprint density at radius 3 is 2.55 bits per heavy atom. The number of H-pyrrole nitrogens is 1. The summed E-state index contributed by atoms with van der Waals surface area (Å²) in [5.74, 6) is 0. The molecule has 33 heavy (non-hydrogen) atoms. The van der Waals surface area contributed by atoms with Crippen molar-refractivity contribution in [2.75, 3.05) is 0 Å². The van der Waals surface area contributed by atoms with Gasteiger partial charge in [0.15, 0.2) is 0 Å². The summed E-state index contributed by atoms with van der Waals surface area (Å²) >= 11 is 0. The van der Waals surface area contributed by atoms with Crippen LogP contribution < -0.4 is 5.32 Å². The van der Waals surface area contributed by atoms with Crippen LogP contribution in [0, 0.1) is 0 Å². The first kappa shape index (κ1) is 21.6. The first-order valence-electron chi connectivity index (χ1n) is 11.8. The van der Waals surface area contributed by atoms with E-state index < -0.39 is 0 Å². The van der Waals surface area contributed by atoms with Gasteiger partial charge < -0.3 is 10.3 Å². The molecule has 0 spiro atoms. The number of benzene rings is 1. The van der Waals surface area contributed by atoms with Gasteiger partial charge in [-0.05, 0) is 66.3 Å². The van der Waals surface area contributed by atoms with E-state index in [9.17, 15) is 0 Å². The van der Waals surface area contributed by atoms with Crippen LogP contribution in [0.5, 0.6) is 0 Å². The molecule has 0 saturated heterocycles. The molecule has 2 N–H and O–H groups in total. The van der Waals surface area contributed by atoms with Crippen LogP contribution in [0.4, 0.5) is 0 Å². The van der Waals surface area contributed by atoms with E-state index in [2.05, 4.69) is 68.7 Å². The number of aromatic amines is 1. The topological polar surface area (TPSA) is 56.8 Å². The predicted octanol–water partition coefficient (Wildman–Crippen LogP) is 5.17. The van der Waals surface area contributed by atoms with Gasteiger partial charge >= 0.3 is 0 Å². The molecule has 3 aromatic heterocycles.